The molecular weight excluding hydrogens is 323 g/mol. The summed E-state index contributed by atoms with van der Waals surface area (Å²) in [5.41, 5.74) is 0.105. The minimum absolute atomic E-state index is 0.131. The van der Waals surface area contributed by atoms with Gasteiger partial charge in [0.2, 0.25) is 0 Å². The van der Waals surface area contributed by atoms with E-state index in [4.69, 9.17) is 11.6 Å². The van der Waals surface area contributed by atoms with Crippen molar-refractivity contribution in [2.45, 2.75) is 19.4 Å². The SMILES string of the molecule is CCC(CCl)NC(=O)c1cc(Br)cc([N+](=O)[O-])c1. The molecule has 1 aromatic carbocycles. The molecule has 0 heterocycles. The van der Waals surface area contributed by atoms with Gasteiger partial charge in [0.15, 0.2) is 0 Å². The van der Waals surface area contributed by atoms with Crippen LogP contribution in [0, 0.1) is 10.1 Å². The number of hydrogen-bond donors (Lipinski definition) is 1. The number of carbonyl (C=O) groups is 1. The highest BCUT2D eigenvalue weighted by Gasteiger charge is 2.16. The minimum atomic E-state index is -0.541. The van der Waals surface area contributed by atoms with E-state index in [-0.39, 0.29) is 23.2 Å². The van der Waals surface area contributed by atoms with Crippen LogP contribution in [-0.2, 0) is 0 Å². The molecule has 0 bridgehead atoms. The van der Waals surface area contributed by atoms with Crippen molar-refractivity contribution >= 4 is 39.1 Å². The van der Waals surface area contributed by atoms with Crippen molar-refractivity contribution in [3.8, 4) is 0 Å². The van der Waals surface area contributed by atoms with Crippen molar-refractivity contribution in [2.24, 2.45) is 0 Å². The van der Waals surface area contributed by atoms with Gasteiger partial charge in [-0.05, 0) is 12.5 Å². The van der Waals surface area contributed by atoms with Crippen LogP contribution in [0.5, 0.6) is 0 Å². The molecule has 98 valence electrons. The summed E-state index contributed by atoms with van der Waals surface area (Å²) in [5, 5.41) is 13.4. The lowest BCUT2D eigenvalue weighted by molar-refractivity contribution is -0.385. The van der Waals surface area contributed by atoms with Crippen molar-refractivity contribution in [2.75, 3.05) is 5.88 Å². The second-order valence-electron chi connectivity index (χ2n) is 3.69. The smallest absolute Gasteiger partial charge is 0.271 e. The number of non-ortho nitro benzene ring substituents is 1. The number of amides is 1. The lowest BCUT2D eigenvalue weighted by atomic mass is 10.1. The molecule has 0 aliphatic rings. The van der Waals surface area contributed by atoms with Crippen LogP contribution in [0.1, 0.15) is 23.7 Å². The number of hydrogen-bond acceptors (Lipinski definition) is 3. The molecule has 0 aromatic heterocycles. The van der Waals surface area contributed by atoms with Gasteiger partial charge in [0.1, 0.15) is 0 Å². The Bertz CT molecular complexity index is 464. The summed E-state index contributed by atoms with van der Waals surface area (Å²) < 4.78 is 0.487. The summed E-state index contributed by atoms with van der Waals surface area (Å²) in [7, 11) is 0. The molecule has 1 aromatic rings. The molecule has 18 heavy (non-hydrogen) atoms. The molecule has 0 radical (unpaired) electrons. The molecule has 0 spiro atoms. The first-order valence-corrected chi connectivity index (χ1v) is 6.62. The van der Waals surface area contributed by atoms with E-state index in [0.717, 1.165) is 0 Å². The van der Waals surface area contributed by atoms with Gasteiger partial charge < -0.3 is 5.32 Å². The van der Waals surface area contributed by atoms with Crippen molar-refractivity contribution in [1.82, 2.24) is 5.32 Å². The van der Waals surface area contributed by atoms with Gasteiger partial charge in [0, 0.05) is 34.1 Å². The third-order valence-electron chi connectivity index (χ3n) is 2.37. The molecule has 1 atom stereocenters. The first-order valence-electron chi connectivity index (χ1n) is 5.29. The fraction of sp³-hybridized carbons (Fsp3) is 0.364. The van der Waals surface area contributed by atoms with Crippen LogP contribution < -0.4 is 5.32 Å². The van der Waals surface area contributed by atoms with E-state index in [1.54, 1.807) is 0 Å². The third-order valence-corrected chi connectivity index (χ3v) is 3.20. The van der Waals surface area contributed by atoms with E-state index in [9.17, 15) is 14.9 Å². The maximum Gasteiger partial charge on any atom is 0.271 e. The highest BCUT2D eigenvalue weighted by Crippen LogP contribution is 2.21. The number of benzene rings is 1. The van der Waals surface area contributed by atoms with E-state index in [0.29, 0.717) is 16.8 Å². The molecule has 7 heteroatoms. The predicted octanol–water partition coefficient (Wildman–Crippen LogP) is 3.10. The summed E-state index contributed by atoms with van der Waals surface area (Å²) >= 11 is 8.82. The van der Waals surface area contributed by atoms with Gasteiger partial charge in [-0.1, -0.05) is 22.9 Å². The van der Waals surface area contributed by atoms with E-state index >= 15 is 0 Å². The summed E-state index contributed by atoms with van der Waals surface area (Å²) in [6.45, 7) is 1.90. The van der Waals surface area contributed by atoms with Crippen LogP contribution in [-0.4, -0.2) is 22.8 Å². The molecule has 0 fully saturated rings. The van der Waals surface area contributed by atoms with Crippen molar-refractivity contribution in [1.29, 1.82) is 0 Å². The Hall–Kier alpha value is -1.14. The standard InChI is InChI=1S/C11H12BrClN2O3/c1-2-9(6-13)14-11(16)7-3-8(12)5-10(4-7)15(17)18/h3-5,9H,2,6H2,1H3,(H,14,16). The molecule has 0 aliphatic heterocycles. The topological polar surface area (TPSA) is 72.2 Å². The first-order chi connectivity index (χ1) is 8.47. The van der Waals surface area contributed by atoms with Crippen molar-refractivity contribution in [3.05, 3.63) is 38.3 Å². The highest BCUT2D eigenvalue weighted by molar-refractivity contribution is 9.10. The second kappa shape index (κ2) is 6.70. The molecule has 5 nitrogen and oxygen atoms in total. The largest absolute Gasteiger partial charge is 0.348 e. The highest BCUT2D eigenvalue weighted by atomic mass is 79.9. The molecule has 1 N–H and O–H groups in total. The number of rotatable bonds is 5. The Morgan fingerprint density at radius 1 is 1.56 bits per heavy atom. The second-order valence-corrected chi connectivity index (χ2v) is 4.91. The average Bonchev–Trinajstić information content (AvgIpc) is 2.34. The number of nitro groups is 1. The fourth-order valence-corrected chi connectivity index (χ4v) is 2.11. The van der Waals surface area contributed by atoms with Gasteiger partial charge >= 0.3 is 0 Å². The van der Waals surface area contributed by atoms with Gasteiger partial charge in [-0.2, -0.15) is 0 Å². The summed E-state index contributed by atoms with van der Waals surface area (Å²) in [6, 6.07) is 3.97. The molecule has 1 unspecified atom stereocenters. The third kappa shape index (κ3) is 3.96. The molecule has 0 saturated heterocycles. The zero-order valence-corrected chi connectivity index (χ0v) is 12.0. The summed E-state index contributed by atoms with van der Waals surface area (Å²) in [6.07, 6.45) is 0.700. The number of nitrogens with one attached hydrogen (secondary N) is 1. The Labute approximate surface area is 118 Å². The van der Waals surface area contributed by atoms with Crippen LogP contribution >= 0.6 is 27.5 Å². The summed E-state index contributed by atoms with van der Waals surface area (Å²) in [4.78, 5) is 22.0. The van der Waals surface area contributed by atoms with Crippen LogP contribution in [0.15, 0.2) is 22.7 Å². The zero-order chi connectivity index (χ0) is 13.7. The zero-order valence-electron chi connectivity index (χ0n) is 9.65. The van der Waals surface area contributed by atoms with Gasteiger partial charge in [0.25, 0.3) is 11.6 Å². The summed E-state index contributed by atoms with van der Waals surface area (Å²) in [5.74, 6) is -0.0647. The minimum Gasteiger partial charge on any atom is -0.348 e. The Morgan fingerprint density at radius 3 is 2.72 bits per heavy atom. The van der Waals surface area contributed by atoms with E-state index in [1.807, 2.05) is 6.92 Å². The maximum absolute atomic E-state index is 11.9. The maximum atomic E-state index is 11.9. The quantitative estimate of drug-likeness (QED) is 0.510. The first kappa shape index (κ1) is 14.9. The molecular formula is C11H12BrClN2O3. The van der Waals surface area contributed by atoms with Gasteiger partial charge in [-0.25, -0.2) is 0 Å². The van der Waals surface area contributed by atoms with Gasteiger partial charge in [-0.15, -0.1) is 11.6 Å². The van der Waals surface area contributed by atoms with Crippen LogP contribution in [0.4, 0.5) is 5.69 Å². The Balaban J connectivity index is 2.95. The number of alkyl halides is 1. The van der Waals surface area contributed by atoms with Gasteiger partial charge in [0.05, 0.1) is 4.92 Å². The predicted molar refractivity (Wildman–Crippen MR) is 73.1 cm³/mol. The van der Waals surface area contributed by atoms with Crippen LogP contribution in [0.3, 0.4) is 0 Å². The van der Waals surface area contributed by atoms with E-state index in [2.05, 4.69) is 21.2 Å². The number of carbonyl (C=O) groups excluding carboxylic acids is 1. The Morgan fingerprint density at radius 2 is 2.22 bits per heavy atom. The monoisotopic (exact) mass is 334 g/mol. The normalized spacial score (nSPS) is 11.9. The number of halogens is 2. The van der Waals surface area contributed by atoms with E-state index < -0.39 is 4.92 Å². The Kier molecular flexibility index (Phi) is 5.55. The van der Waals surface area contributed by atoms with Crippen LogP contribution in [0.2, 0.25) is 0 Å². The lowest BCUT2D eigenvalue weighted by Gasteiger charge is -2.13. The average molecular weight is 336 g/mol. The number of nitrogens with zero attached hydrogens (tertiary/aromatic N) is 1. The number of nitro benzene ring substituents is 1. The fourth-order valence-electron chi connectivity index (χ4n) is 1.33. The molecule has 0 aliphatic carbocycles. The van der Waals surface area contributed by atoms with Gasteiger partial charge in [-0.3, -0.25) is 14.9 Å². The molecule has 1 amide bonds. The van der Waals surface area contributed by atoms with E-state index in [1.165, 1.54) is 18.2 Å². The molecule has 1 rings (SSSR count). The molecule has 0 saturated carbocycles. The van der Waals surface area contributed by atoms with Crippen molar-refractivity contribution in [3.63, 3.8) is 0 Å². The van der Waals surface area contributed by atoms with Crippen molar-refractivity contribution < 1.29 is 9.72 Å². The lowest BCUT2D eigenvalue weighted by Crippen LogP contribution is -2.35. The van der Waals surface area contributed by atoms with Crippen LogP contribution in [0.25, 0.3) is 0 Å².